The van der Waals surface area contributed by atoms with E-state index in [2.05, 4.69) is 17.2 Å². The van der Waals surface area contributed by atoms with Crippen LogP contribution in [0.15, 0.2) is 30.9 Å². The van der Waals surface area contributed by atoms with Gasteiger partial charge in [0.1, 0.15) is 0 Å². The Morgan fingerprint density at radius 2 is 2.05 bits per heavy atom. The highest BCUT2D eigenvalue weighted by Crippen LogP contribution is 2.20. The van der Waals surface area contributed by atoms with E-state index >= 15 is 0 Å². The largest absolute Gasteiger partial charge is 0.355 e. The smallest absolute Gasteiger partial charge is 0.253 e. The van der Waals surface area contributed by atoms with Gasteiger partial charge in [0, 0.05) is 19.1 Å². The number of carbonyl (C=O) groups excluding carboxylic acids is 3. The van der Waals surface area contributed by atoms with Crippen molar-refractivity contribution < 1.29 is 14.4 Å². The topological polar surface area (TPSA) is 78.5 Å². The molecule has 0 heterocycles. The minimum Gasteiger partial charge on any atom is -0.355 e. The van der Waals surface area contributed by atoms with Gasteiger partial charge in [0.05, 0.1) is 17.8 Å². The van der Waals surface area contributed by atoms with Crippen LogP contribution in [0.2, 0.25) is 5.02 Å². The van der Waals surface area contributed by atoms with Crippen LogP contribution in [0, 0.1) is 0 Å². The zero-order valence-electron chi connectivity index (χ0n) is 11.8. The molecule has 6 nitrogen and oxygen atoms in total. The fourth-order valence-corrected chi connectivity index (χ4v) is 1.76. The van der Waals surface area contributed by atoms with Gasteiger partial charge in [-0.25, -0.2) is 0 Å². The number of amides is 3. The first kappa shape index (κ1) is 16.7. The first-order valence-electron chi connectivity index (χ1n) is 6.08. The van der Waals surface area contributed by atoms with Crippen molar-refractivity contribution in [2.45, 2.75) is 0 Å². The fraction of sp³-hybridized carbons (Fsp3) is 0.214. The average Bonchev–Trinajstić information content (AvgIpc) is 2.47. The zero-order valence-corrected chi connectivity index (χ0v) is 12.5. The van der Waals surface area contributed by atoms with Gasteiger partial charge in [-0.05, 0) is 24.3 Å². The highest BCUT2D eigenvalue weighted by atomic mass is 35.5. The van der Waals surface area contributed by atoms with Crippen molar-refractivity contribution in [3.63, 3.8) is 0 Å². The van der Waals surface area contributed by atoms with Crippen molar-refractivity contribution >= 4 is 35.0 Å². The maximum atomic E-state index is 11.9. The fourth-order valence-electron chi connectivity index (χ4n) is 1.59. The van der Waals surface area contributed by atoms with Crippen LogP contribution in [0.4, 0.5) is 5.69 Å². The third-order valence-electron chi connectivity index (χ3n) is 2.66. The molecule has 0 aromatic heterocycles. The molecule has 7 heteroatoms. The van der Waals surface area contributed by atoms with E-state index < -0.39 is 5.91 Å². The van der Waals surface area contributed by atoms with Gasteiger partial charge in [-0.3, -0.25) is 14.4 Å². The highest BCUT2D eigenvalue weighted by molar-refractivity contribution is 6.31. The maximum absolute atomic E-state index is 11.9. The maximum Gasteiger partial charge on any atom is 0.253 e. The molecule has 0 saturated heterocycles. The average molecular weight is 310 g/mol. The van der Waals surface area contributed by atoms with Crippen LogP contribution >= 0.6 is 11.6 Å². The van der Waals surface area contributed by atoms with Gasteiger partial charge in [0.15, 0.2) is 0 Å². The summed E-state index contributed by atoms with van der Waals surface area (Å²) in [4.78, 5) is 36.2. The van der Waals surface area contributed by atoms with E-state index in [0.717, 1.165) is 6.08 Å². The lowest BCUT2D eigenvalue weighted by Crippen LogP contribution is -2.34. The van der Waals surface area contributed by atoms with Crippen LogP contribution in [0.3, 0.4) is 0 Å². The summed E-state index contributed by atoms with van der Waals surface area (Å²) in [5, 5.41) is 5.42. The molecular weight excluding hydrogens is 294 g/mol. The lowest BCUT2D eigenvalue weighted by atomic mass is 10.1. The molecule has 0 saturated carbocycles. The molecule has 0 aliphatic rings. The summed E-state index contributed by atoms with van der Waals surface area (Å²) in [7, 11) is 2.95. The molecular formula is C14H16ClN3O3. The number of rotatable bonds is 5. The number of likely N-dealkylation sites (N-methyl/N-ethyl adjacent to an activating group) is 1. The molecule has 1 aromatic rings. The van der Waals surface area contributed by atoms with Crippen molar-refractivity contribution in [1.29, 1.82) is 0 Å². The second-order valence-electron chi connectivity index (χ2n) is 4.22. The van der Waals surface area contributed by atoms with E-state index in [1.54, 1.807) is 6.07 Å². The molecule has 0 fully saturated rings. The summed E-state index contributed by atoms with van der Waals surface area (Å²) in [5.74, 6) is -1.17. The Kier molecular flexibility index (Phi) is 5.92. The number of anilines is 1. The highest BCUT2D eigenvalue weighted by Gasteiger charge is 2.15. The Morgan fingerprint density at radius 1 is 1.38 bits per heavy atom. The molecule has 0 aliphatic carbocycles. The van der Waals surface area contributed by atoms with Gasteiger partial charge in [0.2, 0.25) is 11.8 Å². The summed E-state index contributed by atoms with van der Waals surface area (Å²) in [6, 6.07) is 4.54. The molecule has 1 rings (SSSR count). The van der Waals surface area contributed by atoms with Gasteiger partial charge < -0.3 is 15.5 Å². The number of halogens is 1. The number of nitrogens with zero attached hydrogens (tertiary/aromatic N) is 1. The molecule has 0 unspecified atom stereocenters. The van der Waals surface area contributed by atoms with E-state index in [4.69, 9.17) is 11.6 Å². The van der Waals surface area contributed by atoms with Gasteiger partial charge in [0.25, 0.3) is 5.91 Å². The van der Waals surface area contributed by atoms with E-state index in [-0.39, 0.29) is 23.9 Å². The summed E-state index contributed by atoms with van der Waals surface area (Å²) < 4.78 is 0. The number of carbonyl (C=O) groups is 3. The number of hydrogen-bond donors (Lipinski definition) is 2. The minimum absolute atomic E-state index is 0.152. The first-order valence-corrected chi connectivity index (χ1v) is 6.45. The molecule has 0 aliphatic heterocycles. The van der Waals surface area contributed by atoms with E-state index in [1.807, 2.05) is 0 Å². The normalized spacial score (nSPS) is 9.67. The summed E-state index contributed by atoms with van der Waals surface area (Å²) in [6.07, 6.45) is 1.12. The predicted molar refractivity (Wildman–Crippen MR) is 81.3 cm³/mol. The Morgan fingerprint density at radius 3 is 2.62 bits per heavy atom. The molecule has 3 amide bonds. The molecule has 0 atom stereocenters. The molecule has 112 valence electrons. The summed E-state index contributed by atoms with van der Waals surface area (Å²) >= 11 is 5.84. The molecule has 21 heavy (non-hydrogen) atoms. The second-order valence-corrected chi connectivity index (χ2v) is 4.65. The Balaban J connectivity index is 2.87. The van der Waals surface area contributed by atoms with Crippen molar-refractivity contribution in [2.75, 3.05) is 26.0 Å². The van der Waals surface area contributed by atoms with Crippen LogP contribution in [0.5, 0.6) is 0 Å². The molecule has 1 aromatic carbocycles. The predicted octanol–water partition coefficient (Wildman–Crippen LogP) is 1.28. The van der Waals surface area contributed by atoms with Crippen molar-refractivity contribution in [3.05, 3.63) is 41.4 Å². The zero-order chi connectivity index (χ0) is 16.0. The monoisotopic (exact) mass is 309 g/mol. The Labute approximate surface area is 127 Å². The molecule has 0 bridgehead atoms. The van der Waals surface area contributed by atoms with Gasteiger partial charge >= 0.3 is 0 Å². The first-order chi connectivity index (χ1) is 9.88. The third kappa shape index (κ3) is 4.61. The van der Waals surface area contributed by atoms with Crippen molar-refractivity contribution in [3.8, 4) is 0 Å². The number of nitrogens with one attached hydrogen (secondary N) is 2. The van der Waals surface area contributed by atoms with E-state index in [1.165, 1.54) is 31.1 Å². The van der Waals surface area contributed by atoms with Gasteiger partial charge in [-0.2, -0.15) is 0 Å². The van der Waals surface area contributed by atoms with Crippen molar-refractivity contribution in [2.24, 2.45) is 0 Å². The summed E-state index contributed by atoms with van der Waals surface area (Å²) in [6.45, 7) is 3.19. The van der Waals surface area contributed by atoms with Crippen LogP contribution in [-0.2, 0) is 9.59 Å². The van der Waals surface area contributed by atoms with Gasteiger partial charge in [-0.1, -0.05) is 18.2 Å². The second kappa shape index (κ2) is 7.44. The molecule has 2 N–H and O–H groups in total. The lowest BCUT2D eigenvalue weighted by molar-refractivity contribution is -0.129. The Bertz CT molecular complexity index is 587. The standard InChI is InChI=1S/C14H16ClN3O3/c1-4-13(20)18(3)8-12(19)17-11-6-5-9(15)7-10(11)14(21)16-2/h4-7H,1,8H2,2-3H3,(H,16,21)(H,17,19). The third-order valence-corrected chi connectivity index (χ3v) is 2.89. The molecule has 0 radical (unpaired) electrons. The lowest BCUT2D eigenvalue weighted by Gasteiger charge is -2.16. The van der Waals surface area contributed by atoms with Crippen molar-refractivity contribution in [1.82, 2.24) is 10.2 Å². The van der Waals surface area contributed by atoms with Crippen LogP contribution in [0.25, 0.3) is 0 Å². The SMILES string of the molecule is C=CC(=O)N(C)CC(=O)Nc1ccc(Cl)cc1C(=O)NC. The number of benzene rings is 1. The quantitative estimate of drug-likeness (QED) is 0.804. The molecule has 0 spiro atoms. The van der Waals surface area contributed by atoms with E-state index in [9.17, 15) is 14.4 Å². The van der Waals surface area contributed by atoms with E-state index in [0.29, 0.717) is 10.7 Å². The van der Waals surface area contributed by atoms with Gasteiger partial charge in [-0.15, -0.1) is 0 Å². The van der Waals surface area contributed by atoms with Crippen LogP contribution < -0.4 is 10.6 Å². The van der Waals surface area contributed by atoms with Crippen LogP contribution in [0.1, 0.15) is 10.4 Å². The van der Waals surface area contributed by atoms with Crippen LogP contribution in [-0.4, -0.2) is 43.3 Å². The summed E-state index contributed by atoms with van der Waals surface area (Å²) in [5.41, 5.74) is 0.569. The minimum atomic E-state index is -0.430. The number of hydrogen-bond acceptors (Lipinski definition) is 3. The Hall–Kier alpha value is -2.34.